The first-order valence-corrected chi connectivity index (χ1v) is 5.28. The van der Waals surface area contributed by atoms with Crippen LogP contribution in [0.3, 0.4) is 0 Å². The Morgan fingerprint density at radius 2 is 2.12 bits per heavy atom. The zero-order chi connectivity index (χ0) is 11.0. The molecule has 80 valence electrons. The molecule has 0 aliphatic carbocycles. The first-order valence-electron chi connectivity index (χ1n) is 4.74. The van der Waals surface area contributed by atoms with E-state index in [4.69, 9.17) is 20.5 Å². The normalized spacial score (nSPS) is 11.1. The molecular formula is C11H7ClN2O2. The van der Waals surface area contributed by atoms with E-state index in [0.29, 0.717) is 17.5 Å². The zero-order valence-electron chi connectivity index (χ0n) is 8.18. The monoisotopic (exact) mass is 234 g/mol. The third kappa shape index (κ3) is 1.47. The standard InChI is InChI=1S/C11H7ClN2O2/c12-6-10-13-11(14-16-10)9-5-7-3-1-2-4-8(7)15-9/h1-5H,6H2. The van der Waals surface area contributed by atoms with Crippen molar-refractivity contribution in [3.63, 3.8) is 0 Å². The lowest BCUT2D eigenvalue weighted by atomic mass is 10.2. The molecule has 4 nitrogen and oxygen atoms in total. The van der Waals surface area contributed by atoms with E-state index in [1.54, 1.807) is 0 Å². The Hall–Kier alpha value is -1.81. The molecule has 0 aliphatic rings. The topological polar surface area (TPSA) is 52.1 Å². The quantitative estimate of drug-likeness (QED) is 0.639. The van der Waals surface area contributed by atoms with Gasteiger partial charge < -0.3 is 8.94 Å². The maximum Gasteiger partial charge on any atom is 0.241 e. The lowest BCUT2D eigenvalue weighted by Crippen LogP contribution is -1.77. The summed E-state index contributed by atoms with van der Waals surface area (Å²) in [6.45, 7) is 0. The van der Waals surface area contributed by atoms with Crippen molar-refractivity contribution in [2.24, 2.45) is 0 Å². The van der Waals surface area contributed by atoms with Crippen LogP contribution in [0.1, 0.15) is 5.89 Å². The Balaban J connectivity index is 2.11. The second kappa shape index (κ2) is 3.64. The number of nitrogens with zero attached hydrogens (tertiary/aromatic N) is 2. The Morgan fingerprint density at radius 3 is 2.88 bits per heavy atom. The predicted octanol–water partition coefficient (Wildman–Crippen LogP) is 3.22. The minimum Gasteiger partial charge on any atom is -0.453 e. The van der Waals surface area contributed by atoms with Gasteiger partial charge in [0, 0.05) is 5.39 Å². The maximum absolute atomic E-state index is 5.58. The number of hydrogen-bond acceptors (Lipinski definition) is 4. The molecule has 0 spiro atoms. The zero-order valence-corrected chi connectivity index (χ0v) is 8.94. The van der Waals surface area contributed by atoms with Crippen LogP contribution in [0.15, 0.2) is 39.3 Å². The summed E-state index contributed by atoms with van der Waals surface area (Å²) in [4.78, 5) is 4.09. The molecule has 0 saturated carbocycles. The smallest absolute Gasteiger partial charge is 0.241 e. The average Bonchev–Trinajstić information content (AvgIpc) is 2.95. The van der Waals surface area contributed by atoms with Gasteiger partial charge in [-0.2, -0.15) is 4.98 Å². The molecule has 0 atom stereocenters. The fraction of sp³-hybridized carbons (Fsp3) is 0.0909. The van der Waals surface area contributed by atoms with Gasteiger partial charge in [0.2, 0.25) is 11.7 Å². The fourth-order valence-electron chi connectivity index (χ4n) is 1.50. The second-order valence-corrected chi connectivity index (χ2v) is 3.56. The Bertz CT molecular complexity index is 596. The largest absolute Gasteiger partial charge is 0.453 e. The Morgan fingerprint density at radius 1 is 1.25 bits per heavy atom. The van der Waals surface area contributed by atoms with Gasteiger partial charge in [0.05, 0.1) is 0 Å². The molecule has 2 heterocycles. The first kappa shape index (κ1) is 9.42. The van der Waals surface area contributed by atoms with E-state index >= 15 is 0 Å². The minimum atomic E-state index is 0.202. The van der Waals surface area contributed by atoms with Crippen molar-refractivity contribution < 1.29 is 8.94 Å². The SMILES string of the molecule is ClCc1nc(-c2cc3ccccc3o2)no1. The third-order valence-corrected chi connectivity index (χ3v) is 2.46. The van der Waals surface area contributed by atoms with Crippen LogP contribution in [0, 0.1) is 0 Å². The summed E-state index contributed by atoms with van der Waals surface area (Å²) in [5, 5.41) is 4.80. The van der Waals surface area contributed by atoms with Gasteiger partial charge >= 0.3 is 0 Å². The van der Waals surface area contributed by atoms with Gasteiger partial charge in [-0.3, -0.25) is 0 Å². The summed E-state index contributed by atoms with van der Waals surface area (Å²) in [7, 11) is 0. The van der Waals surface area contributed by atoms with E-state index in [1.165, 1.54) is 0 Å². The van der Waals surface area contributed by atoms with Crippen molar-refractivity contribution >= 4 is 22.6 Å². The lowest BCUT2D eigenvalue weighted by Gasteiger charge is -1.84. The van der Waals surface area contributed by atoms with Crippen LogP contribution in [0.4, 0.5) is 0 Å². The number of fused-ring (bicyclic) bond motifs is 1. The molecule has 16 heavy (non-hydrogen) atoms. The number of alkyl halides is 1. The molecule has 0 unspecified atom stereocenters. The molecule has 0 saturated heterocycles. The van der Waals surface area contributed by atoms with Crippen LogP contribution < -0.4 is 0 Å². The van der Waals surface area contributed by atoms with E-state index in [1.807, 2.05) is 30.3 Å². The summed E-state index contributed by atoms with van der Waals surface area (Å²) in [5.74, 6) is 1.60. The number of rotatable bonds is 2. The summed E-state index contributed by atoms with van der Waals surface area (Å²) in [6, 6.07) is 9.59. The molecule has 0 bridgehead atoms. The number of hydrogen-bond donors (Lipinski definition) is 0. The summed E-state index contributed by atoms with van der Waals surface area (Å²) >= 11 is 5.58. The van der Waals surface area contributed by atoms with E-state index in [9.17, 15) is 0 Å². The molecular weight excluding hydrogens is 228 g/mol. The van der Waals surface area contributed by atoms with Crippen molar-refractivity contribution in [1.82, 2.24) is 10.1 Å². The highest BCUT2D eigenvalue weighted by molar-refractivity contribution is 6.16. The van der Waals surface area contributed by atoms with Crippen LogP contribution in [-0.2, 0) is 5.88 Å². The van der Waals surface area contributed by atoms with Crippen molar-refractivity contribution in [2.75, 3.05) is 0 Å². The molecule has 0 radical (unpaired) electrons. The van der Waals surface area contributed by atoms with E-state index in [-0.39, 0.29) is 5.88 Å². The molecule has 3 rings (SSSR count). The highest BCUT2D eigenvalue weighted by Crippen LogP contribution is 2.25. The molecule has 0 amide bonds. The molecule has 0 fully saturated rings. The van der Waals surface area contributed by atoms with Crippen LogP contribution in [-0.4, -0.2) is 10.1 Å². The van der Waals surface area contributed by atoms with Crippen molar-refractivity contribution in [2.45, 2.75) is 5.88 Å². The van der Waals surface area contributed by atoms with E-state index in [0.717, 1.165) is 11.0 Å². The molecule has 3 aromatic rings. The highest BCUT2D eigenvalue weighted by Gasteiger charge is 2.12. The van der Waals surface area contributed by atoms with Crippen LogP contribution >= 0.6 is 11.6 Å². The second-order valence-electron chi connectivity index (χ2n) is 3.29. The van der Waals surface area contributed by atoms with E-state index < -0.39 is 0 Å². The van der Waals surface area contributed by atoms with Gasteiger partial charge in [-0.1, -0.05) is 23.4 Å². The maximum atomic E-state index is 5.58. The van der Waals surface area contributed by atoms with Gasteiger partial charge in [-0.15, -0.1) is 11.6 Å². The molecule has 1 aromatic carbocycles. The van der Waals surface area contributed by atoms with Crippen LogP contribution in [0.2, 0.25) is 0 Å². The van der Waals surface area contributed by atoms with Gasteiger partial charge in [-0.25, -0.2) is 0 Å². The minimum absolute atomic E-state index is 0.202. The number of benzene rings is 1. The summed E-state index contributed by atoms with van der Waals surface area (Å²) in [6.07, 6.45) is 0. The first-order chi connectivity index (χ1) is 7.86. The van der Waals surface area contributed by atoms with E-state index in [2.05, 4.69) is 10.1 Å². The number of aromatic nitrogens is 2. The summed E-state index contributed by atoms with van der Waals surface area (Å²) < 4.78 is 10.5. The van der Waals surface area contributed by atoms with Gasteiger partial charge in [-0.05, 0) is 12.1 Å². The van der Waals surface area contributed by atoms with Gasteiger partial charge in [0.1, 0.15) is 11.5 Å². The van der Waals surface area contributed by atoms with Crippen molar-refractivity contribution in [3.05, 3.63) is 36.2 Å². The van der Waals surface area contributed by atoms with Crippen molar-refractivity contribution in [1.29, 1.82) is 0 Å². The van der Waals surface area contributed by atoms with Gasteiger partial charge in [0.25, 0.3) is 0 Å². The molecule has 0 aliphatic heterocycles. The summed E-state index contributed by atoms with van der Waals surface area (Å²) in [5.41, 5.74) is 0.801. The average molecular weight is 235 g/mol. The highest BCUT2D eigenvalue weighted by atomic mass is 35.5. The van der Waals surface area contributed by atoms with Crippen molar-refractivity contribution in [3.8, 4) is 11.6 Å². The number of furan rings is 1. The molecule has 0 N–H and O–H groups in total. The Kier molecular flexibility index (Phi) is 2.15. The predicted molar refractivity (Wildman–Crippen MR) is 59.1 cm³/mol. The molecule has 5 heteroatoms. The molecule has 2 aromatic heterocycles. The lowest BCUT2D eigenvalue weighted by molar-refractivity contribution is 0.390. The van der Waals surface area contributed by atoms with Crippen LogP contribution in [0.5, 0.6) is 0 Å². The number of halogens is 1. The van der Waals surface area contributed by atoms with Crippen LogP contribution in [0.25, 0.3) is 22.6 Å². The fourth-order valence-corrected chi connectivity index (χ4v) is 1.61. The Labute approximate surface area is 95.8 Å². The number of para-hydroxylation sites is 1. The van der Waals surface area contributed by atoms with Gasteiger partial charge in [0.15, 0.2) is 5.76 Å². The third-order valence-electron chi connectivity index (χ3n) is 2.23.